The molecule has 1 aliphatic rings. The molecule has 1 fully saturated rings. The Hall–Kier alpha value is -3.64. The lowest BCUT2D eigenvalue weighted by molar-refractivity contribution is 0.0992. The third-order valence-electron chi connectivity index (χ3n) is 6.89. The van der Waals surface area contributed by atoms with Gasteiger partial charge in [0.05, 0.1) is 12.6 Å². The van der Waals surface area contributed by atoms with E-state index < -0.39 is 0 Å². The number of ether oxygens (including phenoxy) is 2. The van der Waals surface area contributed by atoms with E-state index in [1.807, 2.05) is 54.7 Å². The number of halogens is 1. The van der Waals surface area contributed by atoms with Crippen LogP contribution >= 0.6 is 0 Å². The molecule has 1 saturated heterocycles. The molecule has 0 amide bonds. The molecule has 5 nitrogen and oxygen atoms in total. The van der Waals surface area contributed by atoms with Crippen molar-refractivity contribution in [1.29, 1.82) is 0 Å². The number of methoxy groups -OCH3 is 1. The lowest BCUT2D eigenvalue weighted by atomic mass is 10.0. The van der Waals surface area contributed by atoms with Crippen LogP contribution in [-0.2, 0) is 6.54 Å². The summed E-state index contributed by atoms with van der Waals surface area (Å²) in [5.41, 5.74) is 2.35. The Morgan fingerprint density at radius 3 is 2.42 bits per heavy atom. The van der Waals surface area contributed by atoms with Gasteiger partial charge in [0.15, 0.2) is 5.78 Å². The first-order valence-corrected chi connectivity index (χ1v) is 12.5. The lowest BCUT2D eigenvalue weighted by Gasteiger charge is -2.32. The number of fused-ring (bicyclic) bond motifs is 1. The van der Waals surface area contributed by atoms with E-state index in [2.05, 4.69) is 9.47 Å². The summed E-state index contributed by atoms with van der Waals surface area (Å²) in [5, 5.41) is 0.918. The van der Waals surface area contributed by atoms with Gasteiger partial charge in [-0.15, -0.1) is 0 Å². The summed E-state index contributed by atoms with van der Waals surface area (Å²) in [7, 11) is 1.67. The van der Waals surface area contributed by atoms with Crippen LogP contribution in [0, 0.1) is 5.82 Å². The summed E-state index contributed by atoms with van der Waals surface area (Å²) < 4.78 is 27.0. The number of benzene rings is 3. The van der Waals surface area contributed by atoms with E-state index >= 15 is 0 Å². The number of ketones is 1. The van der Waals surface area contributed by atoms with E-state index in [4.69, 9.17) is 9.47 Å². The number of carbonyl (C=O) groups excluding carboxylic acids is 1. The second-order valence-electron chi connectivity index (χ2n) is 9.25. The second kappa shape index (κ2) is 11.0. The molecule has 0 aliphatic carbocycles. The number of nitrogens with zero attached hydrogens (tertiary/aromatic N) is 2. The Bertz CT molecular complexity index is 1310. The van der Waals surface area contributed by atoms with Gasteiger partial charge in [-0.1, -0.05) is 42.5 Å². The van der Waals surface area contributed by atoms with Crippen LogP contribution in [0.3, 0.4) is 0 Å². The first kappa shape index (κ1) is 24.1. The molecule has 5 rings (SSSR count). The van der Waals surface area contributed by atoms with Crippen LogP contribution in [0.5, 0.6) is 11.5 Å². The molecule has 2 heterocycles. The molecule has 36 heavy (non-hydrogen) atoms. The fraction of sp³-hybridized carbons (Fsp3) is 0.300. The van der Waals surface area contributed by atoms with Crippen LogP contribution in [-0.4, -0.2) is 48.1 Å². The third kappa shape index (κ3) is 5.29. The van der Waals surface area contributed by atoms with Gasteiger partial charge in [-0.3, -0.25) is 4.79 Å². The molecule has 6 heteroatoms. The van der Waals surface area contributed by atoms with Crippen molar-refractivity contribution in [2.24, 2.45) is 0 Å². The monoisotopic (exact) mass is 486 g/mol. The van der Waals surface area contributed by atoms with Gasteiger partial charge in [-0.2, -0.15) is 0 Å². The van der Waals surface area contributed by atoms with Crippen LogP contribution in [0.15, 0.2) is 79.0 Å². The van der Waals surface area contributed by atoms with E-state index in [-0.39, 0.29) is 17.7 Å². The highest BCUT2D eigenvalue weighted by Crippen LogP contribution is 2.31. The molecular formula is C30H31FN2O3. The highest BCUT2D eigenvalue weighted by Gasteiger charge is 2.22. The maximum Gasteiger partial charge on any atom is 0.195 e. The number of piperidine rings is 1. The zero-order valence-corrected chi connectivity index (χ0v) is 20.5. The van der Waals surface area contributed by atoms with Crippen LogP contribution < -0.4 is 9.47 Å². The molecule has 0 spiro atoms. The van der Waals surface area contributed by atoms with Crippen LogP contribution in [0.25, 0.3) is 10.9 Å². The number of likely N-dealkylation sites (tertiary alicyclic amines) is 1. The minimum atomic E-state index is -0.248. The Balaban J connectivity index is 1.22. The van der Waals surface area contributed by atoms with Gasteiger partial charge in [0.1, 0.15) is 23.4 Å². The third-order valence-corrected chi connectivity index (χ3v) is 6.89. The Labute approximate surface area is 211 Å². The number of carbonyl (C=O) groups is 1. The molecule has 1 aliphatic heterocycles. The smallest absolute Gasteiger partial charge is 0.195 e. The lowest BCUT2D eigenvalue weighted by Crippen LogP contribution is -2.38. The molecule has 0 radical (unpaired) electrons. The molecule has 1 aromatic heterocycles. The highest BCUT2D eigenvalue weighted by molar-refractivity contribution is 6.17. The molecule has 0 saturated carbocycles. The van der Waals surface area contributed by atoms with Crippen molar-refractivity contribution >= 4 is 16.7 Å². The van der Waals surface area contributed by atoms with E-state index in [1.165, 1.54) is 12.1 Å². The molecule has 3 aromatic carbocycles. The minimum absolute atomic E-state index is 0.0239. The van der Waals surface area contributed by atoms with Crippen molar-refractivity contribution in [3.8, 4) is 11.5 Å². The number of hydrogen-bond donors (Lipinski definition) is 0. The Morgan fingerprint density at radius 2 is 1.69 bits per heavy atom. The molecule has 0 bridgehead atoms. The van der Waals surface area contributed by atoms with Gasteiger partial charge < -0.3 is 18.9 Å². The van der Waals surface area contributed by atoms with Gasteiger partial charge in [0.2, 0.25) is 0 Å². The van der Waals surface area contributed by atoms with Crippen LogP contribution in [0.4, 0.5) is 4.39 Å². The van der Waals surface area contributed by atoms with Crippen LogP contribution in [0.2, 0.25) is 0 Å². The summed E-state index contributed by atoms with van der Waals surface area (Å²) in [4.78, 5) is 15.7. The molecule has 186 valence electrons. The quantitative estimate of drug-likeness (QED) is 0.274. The summed E-state index contributed by atoms with van der Waals surface area (Å²) in [5.74, 6) is 1.28. The van der Waals surface area contributed by atoms with Crippen molar-refractivity contribution in [1.82, 2.24) is 9.47 Å². The summed E-state index contributed by atoms with van der Waals surface area (Å²) in [6, 6.07) is 21.5. The normalized spacial score (nSPS) is 14.7. The zero-order valence-electron chi connectivity index (χ0n) is 20.5. The maximum absolute atomic E-state index is 13.3. The van der Waals surface area contributed by atoms with Crippen molar-refractivity contribution in [2.75, 3.05) is 26.7 Å². The molecule has 0 atom stereocenters. The summed E-state index contributed by atoms with van der Waals surface area (Å²) in [6.45, 7) is 3.71. The van der Waals surface area contributed by atoms with Crippen molar-refractivity contribution in [2.45, 2.75) is 31.9 Å². The van der Waals surface area contributed by atoms with E-state index in [0.29, 0.717) is 11.1 Å². The number of aromatic nitrogens is 1. The van der Waals surface area contributed by atoms with Gasteiger partial charge >= 0.3 is 0 Å². The molecule has 4 aromatic rings. The summed E-state index contributed by atoms with van der Waals surface area (Å²) >= 11 is 0. The number of aryl methyl sites for hydroxylation is 1. The number of para-hydroxylation sites is 1. The molecule has 0 unspecified atom stereocenters. The number of rotatable bonds is 9. The van der Waals surface area contributed by atoms with E-state index in [0.717, 1.165) is 67.8 Å². The fourth-order valence-electron chi connectivity index (χ4n) is 5.01. The van der Waals surface area contributed by atoms with Crippen LogP contribution in [0.1, 0.15) is 35.2 Å². The Kier molecular flexibility index (Phi) is 7.33. The second-order valence-corrected chi connectivity index (χ2v) is 9.25. The minimum Gasteiger partial charge on any atom is -0.495 e. The highest BCUT2D eigenvalue weighted by atomic mass is 19.1. The topological polar surface area (TPSA) is 43.7 Å². The van der Waals surface area contributed by atoms with Gasteiger partial charge in [-0.25, -0.2) is 4.39 Å². The Morgan fingerprint density at radius 1 is 0.944 bits per heavy atom. The first-order chi connectivity index (χ1) is 17.6. The van der Waals surface area contributed by atoms with Crippen molar-refractivity contribution in [3.05, 3.63) is 95.9 Å². The van der Waals surface area contributed by atoms with Crippen molar-refractivity contribution in [3.63, 3.8) is 0 Å². The maximum atomic E-state index is 13.3. The fourth-order valence-corrected chi connectivity index (χ4v) is 5.01. The van der Waals surface area contributed by atoms with Gasteiger partial charge in [0, 0.05) is 42.3 Å². The number of hydrogen-bond acceptors (Lipinski definition) is 4. The van der Waals surface area contributed by atoms with Gasteiger partial charge in [0.25, 0.3) is 0 Å². The average molecular weight is 487 g/mol. The average Bonchev–Trinajstić information content (AvgIpc) is 3.30. The zero-order chi connectivity index (χ0) is 24.9. The van der Waals surface area contributed by atoms with Gasteiger partial charge in [-0.05, 0) is 56.1 Å². The predicted octanol–water partition coefficient (Wildman–Crippen LogP) is 5.95. The summed E-state index contributed by atoms with van der Waals surface area (Å²) in [6.07, 6.45) is 5.01. The molecular weight excluding hydrogens is 455 g/mol. The SMILES string of the molecule is COc1cccc2c(C(=O)c3ccccc3)cn(CCCN3CCC(Oc4ccc(F)cc4)CC3)c12. The molecule has 0 N–H and O–H groups in total. The predicted molar refractivity (Wildman–Crippen MR) is 139 cm³/mol. The van der Waals surface area contributed by atoms with E-state index in [1.54, 1.807) is 19.2 Å². The van der Waals surface area contributed by atoms with E-state index in [9.17, 15) is 9.18 Å². The largest absolute Gasteiger partial charge is 0.495 e. The standard InChI is InChI=1S/C30H31FN2O3/c1-35-28-10-5-9-26-27(30(34)22-7-3-2-4-8-22)21-33(29(26)28)18-6-17-32-19-15-25(16-20-32)36-24-13-11-23(31)12-14-24/h2-5,7-14,21,25H,6,15-20H2,1H3. The first-order valence-electron chi connectivity index (χ1n) is 12.5. The van der Waals surface area contributed by atoms with Crippen molar-refractivity contribution < 1.29 is 18.7 Å².